The van der Waals surface area contributed by atoms with Crippen molar-refractivity contribution in [3.63, 3.8) is 0 Å². The summed E-state index contributed by atoms with van der Waals surface area (Å²) in [5.41, 5.74) is 0.712. The van der Waals surface area contributed by atoms with Crippen molar-refractivity contribution in [1.29, 1.82) is 0 Å². The molecule has 0 aliphatic heterocycles. The van der Waals surface area contributed by atoms with E-state index in [2.05, 4.69) is 10.9 Å². The smallest absolute Gasteiger partial charge is 0.143 e. The molecule has 1 nitrogen and oxygen atoms in total. The van der Waals surface area contributed by atoms with Gasteiger partial charge in [-0.25, -0.2) is 0 Å². The first-order valence-corrected chi connectivity index (χ1v) is 3.63. The Morgan fingerprint density at radius 3 is 2.82 bits per heavy atom. The molecule has 2 heteroatoms. The van der Waals surface area contributed by atoms with Crippen LogP contribution in [0.15, 0.2) is 24.4 Å². The Kier molecular flexibility index (Phi) is 2.16. The third-order valence-corrected chi connectivity index (χ3v) is 1.72. The molecule has 1 atom stereocenters. The van der Waals surface area contributed by atoms with E-state index in [0.717, 1.165) is 0 Å². The van der Waals surface area contributed by atoms with Gasteiger partial charge in [-0.05, 0) is 19.1 Å². The van der Waals surface area contributed by atoms with Crippen LogP contribution < -0.4 is 0 Å². The van der Waals surface area contributed by atoms with Crippen LogP contribution in [0.4, 0.5) is 0 Å². The molecule has 0 N–H and O–H groups in total. The molecule has 1 heterocycles. The molecule has 11 heavy (non-hydrogen) atoms. The quantitative estimate of drug-likeness (QED) is 0.459. The van der Waals surface area contributed by atoms with E-state index < -0.39 is 4.87 Å². The van der Waals surface area contributed by atoms with Gasteiger partial charge < -0.3 is 0 Å². The fraction of sp³-hybridized carbons (Fsp3) is 0.222. The molecule has 0 spiro atoms. The van der Waals surface area contributed by atoms with Crippen LogP contribution in [-0.2, 0) is 4.87 Å². The predicted octanol–water partition coefficient (Wildman–Crippen LogP) is 2.17. The number of hydrogen-bond acceptors (Lipinski definition) is 1. The third kappa shape index (κ3) is 1.72. The molecule has 0 bridgehead atoms. The van der Waals surface area contributed by atoms with Crippen molar-refractivity contribution in [3.05, 3.63) is 30.1 Å². The highest BCUT2D eigenvalue weighted by Crippen LogP contribution is 2.24. The molecule has 1 aromatic heterocycles. The maximum atomic E-state index is 5.95. The molecule has 0 aliphatic carbocycles. The minimum atomic E-state index is -0.777. The molecule has 0 aromatic carbocycles. The van der Waals surface area contributed by atoms with E-state index in [1.807, 2.05) is 18.2 Å². The van der Waals surface area contributed by atoms with Gasteiger partial charge in [0.15, 0.2) is 0 Å². The summed E-state index contributed by atoms with van der Waals surface area (Å²) in [6.07, 6.45) is 6.89. The summed E-state index contributed by atoms with van der Waals surface area (Å²) in [5.74, 6) is 2.46. The monoisotopic (exact) mass is 165 g/mol. The van der Waals surface area contributed by atoms with Gasteiger partial charge in [-0.15, -0.1) is 6.42 Å². The lowest BCUT2D eigenvalue weighted by molar-refractivity contribution is 0.847. The molecule has 0 radical (unpaired) electrons. The van der Waals surface area contributed by atoms with E-state index in [1.165, 1.54) is 0 Å². The normalized spacial score (nSPS) is 15.0. The van der Waals surface area contributed by atoms with Gasteiger partial charge in [-0.2, -0.15) is 0 Å². The summed E-state index contributed by atoms with van der Waals surface area (Å²) in [5, 5.41) is 0. The summed E-state index contributed by atoms with van der Waals surface area (Å²) in [4.78, 5) is 3.27. The molecule has 0 saturated carbocycles. The lowest BCUT2D eigenvalue weighted by atomic mass is 10.1. The Bertz CT molecular complexity index is 271. The molecule has 1 rings (SSSR count). The van der Waals surface area contributed by atoms with Gasteiger partial charge in [-0.3, -0.25) is 4.98 Å². The fourth-order valence-electron chi connectivity index (χ4n) is 0.714. The molecular formula is C9H8ClN. The molecule has 56 valence electrons. The number of alkyl halides is 1. The van der Waals surface area contributed by atoms with Crippen molar-refractivity contribution in [2.24, 2.45) is 0 Å². The zero-order valence-electron chi connectivity index (χ0n) is 6.21. The van der Waals surface area contributed by atoms with E-state index in [-0.39, 0.29) is 0 Å². The molecule has 1 aromatic rings. The maximum Gasteiger partial charge on any atom is 0.143 e. The van der Waals surface area contributed by atoms with Crippen LogP contribution >= 0.6 is 11.6 Å². The second kappa shape index (κ2) is 2.94. The van der Waals surface area contributed by atoms with Gasteiger partial charge >= 0.3 is 0 Å². The first-order valence-electron chi connectivity index (χ1n) is 3.25. The molecular weight excluding hydrogens is 158 g/mol. The van der Waals surface area contributed by atoms with Gasteiger partial charge in [0, 0.05) is 6.20 Å². The van der Waals surface area contributed by atoms with Gasteiger partial charge in [0.25, 0.3) is 0 Å². The summed E-state index contributed by atoms with van der Waals surface area (Å²) in [6, 6.07) is 5.50. The van der Waals surface area contributed by atoms with Crippen molar-refractivity contribution >= 4 is 11.6 Å². The number of hydrogen-bond donors (Lipinski definition) is 0. The van der Waals surface area contributed by atoms with Crippen LogP contribution in [0, 0.1) is 12.3 Å². The predicted molar refractivity (Wildman–Crippen MR) is 46.3 cm³/mol. The van der Waals surface area contributed by atoms with Crippen LogP contribution in [0.25, 0.3) is 0 Å². The standard InChI is InChI=1S/C9H8ClN/c1-3-9(2,10)8-6-4-5-7-11-8/h1,4-7H,2H3. The van der Waals surface area contributed by atoms with E-state index in [0.29, 0.717) is 5.69 Å². The molecule has 0 fully saturated rings. The Balaban J connectivity index is 3.05. The lowest BCUT2D eigenvalue weighted by Gasteiger charge is -2.12. The molecule has 0 aliphatic rings. The number of aromatic nitrogens is 1. The van der Waals surface area contributed by atoms with Gasteiger partial charge in [0.2, 0.25) is 0 Å². The first kappa shape index (κ1) is 8.10. The van der Waals surface area contributed by atoms with Gasteiger partial charge in [-0.1, -0.05) is 23.6 Å². The minimum absolute atomic E-state index is 0.712. The van der Waals surface area contributed by atoms with Crippen molar-refractivity contribution in [3.8, 4) is 12.3 Å². The van der Waals surface area contributed by atoms with Crippen molar-refractivity contribution in [1.82, 2.24) is 4.98 Å². The fourth-order valence-corrected chi connectivity index (χ4v) is 0.826. The Hall–Kier alpha value is -1.00. The first-order chi connectivity index (χ1) is 5.17. The number of nitrogens with zero attached hydrogens (tertiary/aromatic N) is 1. The highest BCUT2D eigenvalue weighted by molar-refractivity contribution is 6.25. The summed E-state index contributed by atoms with van der Waals surface area (Å²) >= 11 is 5.95. The van der Waals surface area contributed by atoms with Crippen LogP contribution in [0.2, 0.25) is 0 Å². The maximum absolute atomic E-state index is 5.95. The summed E-state index contributed by atoms with van der Waals surface area (Å²) in [7, 11) is 0. The Morgan fingerprint density at radius 1 is 1.64 bits per heavy atom. The number of terminal acetylenes is 1. The molecule has 0 amide bonds. The van der Waals surface area contributed by atoms with Gasteiger partial charge in [0.1, 0.15) is 4.87 Å². The average Bonchev–Trinajstić information content (AvgIpc) is 2.06. The number of rotatable bonds is 1. The average molecular weight is 166 g/mol. The lowest BCUT2D eigenvalue weighted by Crippen LogP contribution is -2.11. The Labute approximate surface area is 71.4 Å². The van der Waals surface area contributed by atoms with Crippen LogP contribution in [-0.4, -0.2) is 4.98 Å². The second-order valence-electron chi connectivity index (χ2n) is 2.36. The largest absolute Gasteiger partial charge is 0.258 e. The van der Waals surface area contributed by atoms with Crippen LogP contribution in [0.5, 0.6) is 0 Å². The van der Waals surface area contributed by atoms with E-state index in [9.17, 15) is 0 Å². The summed E-state index contributed by atoms with van der Waals surface area (Å²) < 4.78 is 0. The van der Waals surface area contributed by atoms with Crippen molar-refractivity contribution < 1.29 is 0 Å². The topological polar surface area (TPSA) is 12.9 Å². The second-order valence-corrected chi connectivity index (χ2v) is 3.12. The van der Waals surface area contributed by atoms with Gasteiger partial charge in [0.05, 0.1) is 5.69 Å². The van der Waals surface area contributed by atoms with Crippen molar-refractivity contribution in [2.45, 2.75) is 11.8 Å². The van der Waals surface area contributed by atoms with E-state index >= 15 is 0 Å². The van der Waals surface area contributed by atoms with Crippen molar-refractivity contribution in [2.75, 3.05) is 0 Å². The number of halogens is 1. The zero-order chi connectivity index (χ0) is 8.32. The highest BCUT2D eigenvalue weighted by Gasteiger charge is 2.20. The third-order valence-electron chi connectivity index (χ3n) is 1.42. The highest BCUT2D eigenvalue weighted by atomic mass is 35.5. The summed E-state index contributed by atoms with van der Waals surface area (Å²) in [6.45, 7) is 1.75. The molecule has 1 unspecified atom stereocenters. The van der Waals surface area contributed by atoms with Crippen LogP contribution in [0.3, 0.4) is 0 Å². The number of pyridine rings is 1. The SMILES string of the molecule is C#CC(C)(Cl)c1ccccn1. The van der Waals surface area contributed by atoms with Crippen LogP contribution in [0.1, 0.15) is 12.6 Å². The van der Waals surface area contributed by atoms with E-state index in [4.69, 9.17) is 18.0 Å². The molecule has 0 saturated heterocycles. The minimum Gasteiger partial charge on any atom is -0.258 e. The zero-order valence-corrected chi connectivity index (χ0v) is 6.97. The Morgan fingerprint density at radius 2 is 2.36 bits per heavy atom. The van der Waals surface area contributed by atoms with E-state index in [1.54, 1.807) is 13.1 Å².